The molecule has 6 rings (SSSR count). The molecule has 1 heterocycles. The summed E-state index contributed by atoms with van der Waals surface area (Å²) in [4.78, 5) is 45.2. The average molecular weight is 775 g/mol. The molecule has 2 aromatic rings. The molecule has 1 aliphatic heterocycles. The summed E-state index contributed by atoms with van der Waals surface area (Å²) in [5, 5.41) is 38.3. The molecule has 0 aromatic heterocycles. The van der Waals surface area contributed by atoms with Gasteiger partial charge in [0.1, 0.15) is 24.1 Å². The number of hydrogen-bond donors (Lipinski definition) is 3. The van der Waals surface area contributed by atoms with Crippen LogP contribution in [0.25, 0.3) is 0 Å². The number of amides is 2. The number of ether oxygens (including phenoxy) is 3. The number of allylic oxidation sites excluding steroid dienone is 1. The van der Waals surface area contributed by atoms with E-state index in [0.29, 0.717) is 42.2 Å². The Morgan fingerprint density at radius 3 is 2.50 bits per heavy atom. The van der Waals surface area contributed by atoms with Gasteiger partial charge in [-0.3, -0.25) is 14.9 Å². The molecule has 0 radical (unpaired) electrons. The molecule has 56 heavy (non-hydrogen) atoms. The third-order valence-electron chi connectivity index (χ3n) is 11.5. The van der Waals surface area contributed by atoms with Crippen LogP contribution >= 0.6 is 0 Å². The predicted octanol–water partition coefficient (Wildman–Crippen LogP) is 6.41. The van der Waals surface area contributed by atoms with Gasteiger partial charge in [-0.05, 0) is 98.8 Å². The average Bonchev–Trinajstić information content (AvgIpc) is 4.04. The number of oxime groups is 1. The number of aliphatic hydroxyl groups is 2. The van der Waals surface area contributed by atoms with Crippen LogP contribution in [0.5, 0.6) is 11.5 Å². The minimum atomic E-state index is -1.37. The number of fused-ring (bicyclic) bond motifs is 2. The quantitative estimate of drug-likeness (QED) is 0.0625. The number of nitrogens with one attached hydrogen (secondary N) is 1. The monoisotopic (exact) mass is 774 g/mol. The van der Waals surface area contributed by atoms with E-state index in [-0.39, 0.29) is 68.1 Å². The van der Waals surface area contributed by atoms with E-state index >= 15 is 0 Å². The molecule has 0 unspecified atom stereocenters. The van der Waals surface area contributed by atoms with Crippen LogP contribution in [-0.4, -0.2) is 83.0 Å². The molecule has 2 saturated carbocycles. The number of non-ortho nitro benzene ring substituents is 1. The summed E-state index contributed by atoms with van der Waals surface area (Å²) in [5.74, 6) is -1.28. The molecule has 0 bridgehead atoms. The summed E-state index contributed by atoms with van der Waals surface area (Å²) in [6.45, 7) is 6.52. The van der Waals surface area contributed by atoms with Crippen LogP contribution in [0.2, 0.25) is 0 Å². The van der Waals surface area contributed by atoms with Crippen molar-refractivity contribution >= 4 is 23.4 Å². The van der Waals surface area contributed by atoms with Gasteiger partial charge in [0.05, 0.1) is 23.2 Å². The summed E-state index contributed by atoms with van der Waals surface area (Å²) in [6.07, 6.45) is 9.59. The smallest absolute Gasteiger partial charge is 0.412 e. The van der Waals surface area contributed by atoms with Gasteiger partial charge in [-0.25, -0.2) is 4.79 Å². The number of likely N-dealkylation sites (N-methyl/N-ethyl adjacent to an activating group) is 1. The number of nitrogens with zero attached hydrogens (tertiary/aromatic N) is 3. The fraction of sp³-hybridized carbons (Fsp3) is 0.548. The van der Waals surface area contributed by atoms with Crippen LogP contribution in [0, 0.1) is 33.8 Å². The molecule has 302 valence electrons. The standard InChI is InChI=1S/C42H54N4O10/c1-4-22-53-42-37(45(3)40(49)28-14-15-28)25-35(44-54-26-27-12-16-30(17-13-27)46(51)52)33-23-29(10-6-8-20-47)32(11-7-9-21-48)38(39(33)42)34-24-31(18-19-36(34)56-42)55-41(50)43-5-2/h4,12-13,16-19,23-24,28-29,32,37-39,47-48H,1,5-11,14-15,20-22,25-26H2,2-3H3,(H,43,50)/t29-,32+,37-,38+,39+,42+/m0/s1. The summed E-state index contributed by atoms with van der Waals surface area (Å²) in [6, 6.07) is 10.9. The van der Waals surface area contributed by atoms with Crippen LogP contribution in [0.1, 0.15) is 81.8 Å². The third kappa shape index (κ3) is 8.77. The van der Waals surface area contributed by atoms with Crippen molar-refractivity contribution in [3.63, 3.8) is 0 Å². The summed E-state index contributed by atoms with van der Waals surface area (Å²) < 4.78 is 19.7. The molecule has 14 nitrogen and oxygen atoms in total. The van der Waals surface area contributed by atoms with E-state index in [2.05, 4.69) is 18.0 Å². The number of aliphatic hydroxyl groups excluding tert-OH is 2. The number of benzene rings is 2. The van der Waals surface area contributed by atoms with Gasteiger partial charge in [0, 0.05) is 62.8 Å². The molecule has 4 aliphatic rings. The number of carbonyl (C=O) groups excluding carboxylic acids is 2. The first-order valence-corrected chi connectivity index (χ1v) is 19.8. The number of carbonyl (C=O) groups is 2. The first-order valence-electron chi connectivity index (χ1n) is 19.8. The highest BCUT2D eigenvalue weighted by Gasteiger charge is 2.65. The zero-order chi connectivity index (χ0) is 39.8. The topological polar surface area (TPSA) is 182 Å². The molecule has 14 heteroatoms. The Morgan fingerprint density at radius 2 is 1.84 bits per heavy atom. The van der Waals surface area contributed by atoms with Gasteiger partial charge in [0.15, 0.2) is 0 Å². The van der Waals surface area contributed by atoms with Crippen molar-refractivity contribution in [2.75, 3.05) is 33.4 Å². The van der Waals surface area contributed by atoms with Gasteiger partial charge in [-0.15, -0.1) is 6.58 Å². The SMILES string of the molecule is C=CCO[C@@]12Oc3ccc(OC(=O)NCC)cc3[C@H]3[C@H](CCCCO)[C@@H](CCCCO)C=C(C(=NOCc4ccc([N+](=O)[O-])cc4)C[C@@H]1N(C)C(=O)C1CC1)[C@H]32. The predicted molar refractivity (Wildman–Crippen MR) is 208 cm³/mol. The Morgan fingerprint density at radius 1 is 1.11 bits per heavy atom. The maximum atomic E-state index is 14.0. The van der Waals surface area contributed by atoms with E-state index in [1.54, 1.807) is 42.3 Å². The second-order valence-electron chi connectivity index (χ2n) is 15.1. The molecule has 2 fully saturated rings. The van der Waals surface area contributed by atoms with Gasteiger partial charge in [-0.1, -0.05) is 30.1 Å². The van der Waals surface area contributed by atoms with Crippen LogP contribution in [0.15, 0.2) is 71.9 Å². The van der Waals surface area contributed by atoms with Gasteiger partial charge < -0.3 is 39.5 Å². The second-order valence-corrected chi connectivity index (χ2v) is 15.1. The lowest BCUT2D eigenvalue weighted by molar-refractivity contribution is -0.384. The van der Waals surface area contributed by atoms with Gasteiger partial charge in [0.2, 0.25) is 11.7 Å². The lowest BCUT2D eigenvalue weighted by Crippen LogP contribution is -2.69. The zero-order valence-electron chi connectivity index (χ0n) is 32.3. The number of nitro groups is 1. The van der Waals surface area contributed by atoms with E-state index in [1.165, 1.54) is 12.1 Å². The molecule has 2 amide bonds. The highest BCUT2D eigenvalue weighted by molar-refractivity contribution is 6.03. The van der Waals surface area contributed by atoms with Crippen LogP contribution in [0.4, 0.5) is 10.5 Å². The highest BCUT2D eigenvalue weighted by Crippen LogP contribution is 2.62. The fourth-order valence-corrected chi connectivity index (χ4v) is 8.75. The summed E-state index contributed by atoms with van der Waals surface area (Å²) in [7, 11) is 1.80. The number of hydrogen-bond acceptors (Lipinski definition) is 11. The van der Waals surface area contributed by atoms with E-state index in [9.17, 15) is 29.9 Å². The van der Waals surface area contributed by atoms with Crippen molar-refractivity contribution in [3.05, 3.63) is 88.0 Å². The van der Waals surface area contributed by atoms with Gasteiger partial charge in [0.25, 0.3) is 5.69 Å². The first-order chi connectivity index (χ1) is 27.1. The summed E-state index contributed by atoms with van der Waals surface area (Å²) in [5.41, 5.74) is 3.03. The molecule has 2 aromatic carbocycles. The third-order valence-corrected chi connectivity index (χ3v) is 11.5. The molecule has 3 N–H and O–H groups in total. The van der Waals surface area contributed by atoms with E-state index in [0.717, 1.165) is 49.7 Å². The maximum absolute atomic E-state index is 14.0. The molecular weight excluding hydrogens is 720 g/mol. The minimum Gasteiger partial charge on any atom is -0.459 e. The Labute approximate surface area is 327 Å². The number of unbranched alkanes of at least 4 members (excludes halogenated alkanes) is 2. The van der Waals surface area contributed by atoms with Gasteiger partial charge in [-0.2, -0.15) is 0 Å². The van der Waals surface area contributed by atoms with Crippen molar-refractivity contribution in [2.24, 2.45) is 28.8 Å². The van der Waals surface area contributed by atoms with Crippen LogP contribution < -0.4 is 14.8 Å². The Bertz CT molecular complexity index is 1790. The van der Waals surface area contributed by atoms with Crippen molar-refractivity contribution in [2.45, 2.75) is 89.1 Å². The largest absolute Gasteiger partial charge is 0.459 e. The Kier molecular flexibility index (Phi) is 13.5. The molecule has 6 atom stereocenters. The maximum Gasteiger partial charge on any atom is 0.412 e. The number of rotatable bonds is 19. The number of nitro benzene ring substituents is 1. The summed E-state index contributed by atoms with van der Waals surface area (Å²) >= 11 is 0. The Hall–Kier alpha value is -4.79. The molecular formula is C42H54N4O10. The first kappa shape index (κ1) is 40.9. The minimum absolute atomic E-state index is 0.00368. The second kappa shape index (κ2) is 18.4. The molecule has 3 aliphatic carbocycles. The molecule has 0 saturated heterocycles. The lowest BCUT2D eigenvalue weighted by Gasteiger charge is -2.59. The van der Waals surface area contributed by atoms with Crippen molar-refractivity contribution in [1.82, 2.24) is 10.2 Å². The normalized spacial score (nSPS) is 25.5. The van der Waals surface area contributed by atoms with Crippen molar-refractivity contribution < 1.29 is 43.8 Å². The van der Waals surface area contributed by atoms with Crippen LogP contribution in [-0.2, 0) is 21.0 Å². The van der Waals surface area contributed by atoms with Crippen molar-refractivity contribution in [1.29, 1.82) is 0 Å². The zero-order valence-corrected chi connectivity index (χ0v) is 32.3. The van der Waals surface area contributed by atoms with E-state index < -0.39 is 28.8 Å². The highest BCUT2D eigenvalue weighted by atomic mass is 16.7. The van der Waals surface area contributed by atoms with Gasteiger partial charge >= 0.3 is 6.09 Å². The van der Waals surface area contributed by atoms with Crippen LogP contribution in [0.3, 0.4) is 0 Å². The molecule has 0 spiro atoms. The fourth-order valence-electron chi connectivity index (χ4n) is 8.75. The lowest BCUT2D eigenvalue weighted by atomic mass is 9.55. The van der Waals surface area contributed by atoms with Crippen molar-refractivity contribution in [3.8, 4) is 11.5 Å². The van der Waals surface area contributed by atoms with E-state index in [1.807, 2.05) is 13.0 Å². The Balaban J connectivity index is 1.52. The van der Waals surface area contributed by atoms with E-state index in [4.69, 9.17) is 24.2 Å².